The number of halogens is 1. The topological polar surface area (TPSA) is 60.2 Å². The van der Waals surface area contributed by atoms with E-state index in [9.17, 15) is 14.9 Å². The molecule has 1 rings (SSSR count). The highest BCUT2D eigenvalue weighted by atomic mass is 35.5. The molecule has 0 aliphatic heterocycles. The Balaban J connectivity index is 0.000001000. The van der Waals surface area contributed by atoms with Crippen molar-refractivity contribution >= 4 is 18.2 Å². The smallest absolute Gasteiger partial charge is 0.214 e. The van der Waals surface area contributed by atoms with Gasteiger partial charge in [-0.05, 0) is 0 Å². The van der Waals surface area contributed by atoms with Crippen molar-refractivity contribution in [1.82, 2.24) is 0 Å². The van der Waals surface area contributed by atoms with E-state index in [1.165, 1.54) is 0 Å². The lowest BCUT2D eigenvalue weighted by Gasteiger charge is -2.12. The molecule has 0 atom stereocenters. The molecule has 1 fully saturated rings. The third-order valence-electron chi connectivity index (χ3n) is 1.81. The van der Waals surface area contributed by atoms with Crippen molar-refractivity contribution < 1.29 is 9.72 Å². The molecule has 0 bridgehead atoms. The molecule has 0 spiro atoms. The molecule has 0 aromatic heterocycles. The second kappa shape index (κ2) is 4.28. The highest BCUT2D eigenvalue weighted by Gasteiger charge is 2.26. The van der Waals surface area contributed by atoms with Gasteiger partial charge in [0.05, 0.1) is 0 Å². The molecule has 0 amide bonds. The Bertz CT molecular complexity index is 161. The molecule has 11 heavy (non-hydrogen) atoms. The van der Waals surface area contributed by atoms with Crippen LogP contribution in [0.4, 0.5) is 0 Å². The number of carbonyl (C=O) groups is 1. The Kier molecular flexibility index (Phi) is 4.03. The molecular formula is C6H10ClNO3. The van der Waals surface area contributed by atoms with Crippen LogP contribution in [-0.4, -0.2) is 16.7 Å². The van der Waals surface area contributed by atoms with E-state index in [4.69, 9.17) is 0 Å². The van der Waals surface area contributed by atoms with Gasteiger partial charge in [0.2, 0.25) is 6.04 Å². The average molecular weight is 180 g/mol. The van der Waals surface area contributed by atoms with E-state index in [0.29, 0.717) is 25.7 Å². The summed E-state index contributed by atoms with van der Waals surface area (Å²) in [5, 5.41) is 10.2. The molecule has 0 radical (unpaired) electrons. The standard InChI is InChI=1S/C6H9NO3.ClH/c8-6-3-1-5(2-4-6)7(9)10;/h5H,1-4H2;1H. The summed E-state index contributed by atoms with van der Waals surface area (Å²) >= 11 is 0. The van der Waals surface area contributed by atoms with Crippen LogP contribution >= 0.6 is 12.4 Å². The summed E-state index contributed by atoms with van der Waals surface area (Å²) in [5.41, 5.74) is 0. The molecular weight excluding hydrogens is 170 g/mol. The number of ketones is 1. The molecule has 0 aromatic carbocycles. The zero-order chi connectivity index (χ0) is 7.56. The van der Waals surface area contributed by atoms with Crippen molar-refractivity contribution in [3.05, 3.63) is 10.1 Å². The van der Waals surface area contributed by atoms with Gasteiger partial charge >= 0.3 is 0 Å². The number of hydrogen-bond donors (Lipinski definition) is 0. The van der Waals surface area contributed by atoms with Crippen molar-refractivity contribution in [3.63, 3.8) is 0 Å². The first-order valence-corrected chi connectivity index (χ1v) is 3.35. The van der Waals surface area contributed by atoms with Crippen molar-refractivity contribution in [2.75, 3.05) is 0 Å². The minimum absolute atomic E-state index is 0. The molecule has 0 aromatic rings. The van der Waals surface area contributed by atoms with E-state index in [0.717, 1.165) is 0 Å². The lowest BCUT2D eigenvalue weighted by atomic mass is 9.95. The van der Waals surface area contributed by atoms with E-state index >= 15 is 0 Å². The van der Waals surface area contributed by atoms with Crippen LogP contribution in [-0.2, 0) is 4.79 Å². The Hall–Kier alpha value is -0.640. The summed E-state index contributed by atoms with van der Waals surface area (Å²) < 4.78 is 0. The summed E-state index contributed by atoms with van der Waals surface area (Å²) in [7, 11) is 0. The van der Waals surface area contributed by atoms with E-state index in [1.54, 1.807) is 0 Å². The van der Waals surface area contributed by atoms with Crippen molar-refractivity contribution in [2.45, 2.75) is 31.7 Å². The van der Waals surface area contributed by atoms with Crippen molar-refractivity contribution in [1.29, 1.82) is 0 Å². The van der Waals surface area contributed by atoms with Gasteiger partial charge in [0.25, 0.3) is 0 Å². The number of hydrogen-bond acceptors (Lipinski definition) is 3. The van der Waals surface area contributed by atoms with Crippen LogP contribution in [0.1, 0.15) is 25.7 Å². The third kappa shape index (κ3) is 2.84. The number of rotatable bonds is 1. The minimum Gasteiger partial charge on any atom is -0.300 e. The van der Waals surface area contributed by atoms with Crippen LogP contribution in [0.3, 0.4) is 0 Å². The highest BCUT2D eigenvalue weighted by molar-refractivity contribution is 5.85. The average Bonchev–Trinajstić information content (AvgIpc) is 1.88. The fourth-order valence-electron chi connectivity index (χ4n) is 1.14. The first-order chi connectivity index (χ1) is 4.70. The Labute approximate surface area is 70.5 Å². The summed E-state index contributed by atoms with van der Waals surface area (Å²) in [6.45, 7) is 0. The van der Waals surface area contributed by atoms with Crippen LogP contribution in [0.15, 0.2) is 0 Å². The van der Waals surface area contributed by atoms with E-state index in [2.05, 4.69) is 0 Å². The zero-order valence-electron chi connectivity index (χ0n) is 5.99. The van der Waals surface area contributed by atoms with Gasteiger partial charge in [-0.1, -0.05) is 0 Å². The lowest BCUT2D eigenvalue weighted by Crippen LogP contribution is -2.25. The number of nitrogens with zero attached hydrogens (tertiary/aromatic N) is 1. The molecule has 1 saturated carbocycles. The molecule has 1 aliphatic carbocycles. The molecule has 5 heteroatoms. The fourth-order valence-corrected chi connectivity index (χ4v) is 1.14. The molecule has 0 heterocycles. The summed E-state index contributed by atoms with van der Waals surface area (Å²) in [6.07, 6.45) is 1.66. The van der Waals surface area contributed by atoms with Gasteiger partial charge in [-0.25, -0.2) is 0 Å². The van der Waals surface area contributed by atoms with Gasteiger partial charge in [0.1, 0.15) is 5.78 Å². The van der Waals surface area contributed by atoms with Crippen LogP contribution in [0.2, 0.25) is 0 Å². The quantitative estimate of drug-likeness (QED) is 0.449. The molecule has 0 unspecified atom stereocenters. The van der Waals surface area contributed by atoms with Gasteiger partial charge < -0.3 is 0 Å². The van der Waals surface area contributed by atoms with Gasteiger partial charge in [-0.3, -0.25) is 14.9 Å². The second-order valence-electron chi connectivity index (χ2n) is 2.56. The SMILES string of the molecule is Cl.O=C1CCC([N+](=O)[O-])CC1. The second-order valence-corrected chi connectivity index (χ2v) is 2.56. The molecule has 64 valence electrons. The number of nitro groups is 1. The van der Waals surface area contributed by atoms with E-state index < -0.39 is 6.04 Å². The zero-order valence-corrected chi connectivity index (χ0v) is 6.80. The third-order valence-corrected chi connectivity index (χ3v) is 1.81. The fraction of sp³-hybridized carbons (Fsp3) is 0.833. The van der Waals surface area contributed by atoms with Gasteiger partial charge in [0.15, 0.2) is 0 Å². The first kappa shape index (κ1) is 10.4. The maximum atomic E-state index is 10.6. The lowest BCUT2D eigenvalue weighted by molar-refractivity contribution is -0.525. The van der Waals surface area contributed by atoms with E-state index in [-0.39, 0.29) is 23.1 Å². The molecule has 4 nitrogen and oxygen atoms in total. The van der Waals surface area contributed by atoms with Crippen LogP contribution in [0.25, 0.3) is 0 Å². The van der Waals surface area contributed by atoms with E-state index in [1.807, 2.05) is 0 Å². The highest BCUT2D eigenvalue weighted by Crippen LogP contribution is 2.16. The normalized spacial score (nSPS) is 19.1. The maximum Gasteiger partial charge on any atom is 0.214 e. The predicted molar refractivity (Wildman–Crippen MR) is 41.5 cm³/mol. The largest absolute Gasteiger partial charge is 0.300 e. The Morgan fingerprint density at radius 1 is 1.36 bits per heavy atom. The number of carbonyl (C=O) groups excluding carboxylic acids is 1. The summed E-state index contributed by atoms with van der Waals surface area (Å²) in [5.74, 6) is 0.165. The Morgan fingerprint density at radius 3 is 2.18 bits per heavy atom. The van der Waals surface area contributed by atoms with Crippen LogP contribution in [0, 0.1) is 10.1 Å². The molecule has 0 saturated heterocycles. The first-order valence-electron chi connectivity index (χ1n) is 3.35. The molecule has 1 aliphatic rings. The summed E-state index contributed by atoms with van der Waals surface area (Å²) in [4.78, 5) is 20.5. The van der Waals surface area contributed by atoms with Gasteiger partial charge in [-0.2, -0.15) is 0 Å². The van der Waals surface area contributed by atoms with Crippen LogP contribution in [0.5, 0.6) is 0 Å². The van der Waals surface area contributed by atoms with Gasteiger partial charge in [-0.15, -0.1) is 12.4 Å². The van der Waals surface area contributed by atoms with Crippen molar-refractivity contribution in [2.24, 2.45) is 0 Å². The maximum absolute atomic E-state index is 10.6. The predicted octanol–water partition coefficient (Wildman–Crippen LogP) is 1.20. The Morgan fingerprint density at radius 2 is 1.82 bits per heavy atom. The van der Waals surface area contributed by atoms with Gasteiger partial charge in [0, 0.05) is 30.6 Å². The number of Topliss-reactive ketones (excluding diaryl/α,β-unsaturated/α-hetero) is 1. The molecule has 0 N–H and O–H groups in total. The summed E-state index contributed by atoms with van der Waals surface area (Å²) in [6, 6.07) is -0.460. The minimum atomic E-state index is -0.460. The van der Waals surface area contributed by atoms with Crippen LogP contribution < -0.4 is 0 Å². The monoisotopic (exact) mass is 179 g/mol. The van der Waals surface area contributed by atoms with Crippen molar-refractivity contribution in [3.8, 4) is 0 Å².